The molecule has 2 saturated heterocycles. The van der Waals surface area contributed by atoms with Crippen molar-refractivity contribution >= 4 is 29.3 Å². The van der Waals surface area contributed by atoms with Gasteiger partial charge in [-0.15, -0.1) is 10.2 Å². The van der Waals surface area contributed by atoms with Crippen LogP contribution >= 0.6 is 0 Å². The first-order valence-electron chi connectivity index (χ1n) is 9.45. The summed E-state index contributed by atoms with van der Waals surface area (Å²) in [5, 5.41) is 14.4. The third kappa shape index (κ3) is 4.03. The van der Waals surface area contributed by atoms with Gasteiger partial charge in [-0.25, -0.2) is 4.98 Å². The van der Waals surface area contributed by atoms with Crippen LogP contribution in [0.3, 0.4) is 0 Å². The topological polar surface area (TPSA) is 103 Å². The standard InChI is InChI=1S/C19H23N7O2/c1-13-6-7-20-16(12-13)22-15-3-4-17(24-23-15)25-8-10-26(11-9-25)19(28)14-2-5-18(27)21-14/h3-4,6-7,12,14H,2,5,8-11H2,1H3,(H,21,27)(H,20,22,23). The van der Waals surface area contributed by atoms with Gasteiger partial charge in [-0.05, 0) is 43.2 Å². The number of rotatable bonds is 4. The van der Waals surface area contributed by atoms with Gasteiger partial charge in [0, 0.05) is 38.8 Å². The Hall–Kier alpha value is -3.23. The minimum absolute atomic E-state index is 0.0155. The molecule has 0 aliphatic carbocycles. The van der Waals surface area contributed by atoms with Crippen molar-refractivity contribution in [3.05, 3.63) is 36.0 Å². The van der Waals surface area contributed by atoms with E-state index in [1.54, 1.807) is 6.20 Å². The first-order chi connectivity index (χ1) is 13.6. The van der Waals surface area contributed by atoms with Crippen molar-refractivity contribution in [1.29, 1.82) is 0 Å². The molecule has 4 heterocycles. The molecule has 2 aliphatic heterocycles. The minimum atomic E-state index is -0.362. The van der Waals surface area contributed by atoms with Crippen LogP contribution in [-0.2, 0) is 9.59 Å². The van der Waals surface area contributed by atoms with Crippen LogP contribution in [0.4, 0.5) is 17.5 Å². The van der Waals surface area contributed by atoms with E-state index >= 15 is 0 Å². The number of carbonyl (C=O) groups excluding carboxylic acids is 2. The molecule has 0 aromatic carbocycles. The third-order valence-corrected chi connectivity index (χ3v) is 5.03. The van der Waals surface area contributed by atoms with E-state index in [1.165, 1.54) is 0 Å². The maximum Gasteiger partial charge on any atom is 0.245 e. The first kappa shape index (κ1) is 18.1. The largest absolute Gasteiger partial charge is 0.352 e. The van der Waals surface area contributed by atoms with Crippen molar-refractivity contribution in [2.24, 2.45) is 0 Å². The molecular formula is C19H23N7O2. The molecule has 1 atom stereocenters. The lowest BCUT2D eigenvalue weighted by Gasteiger charge is -2.36. The van der Waals surface area contributed by atoms with Gasteiger partial charge in [0.2, 0.25) is 11.8 Å². The number of nitrogens with zero attached hydrogens (tertiary/aromatic N) is 5. The molecule has 28 heavy (non-hydrogen) atoms. The highest BCUT2D eigenvalue weighted by molar-refractivity contribution is 5.90. The number of carbonyl (C=O) groups is 2. The first-order valence-corrected chi connectivity index (χ1v) is 9.45. The summed E-state index contributed by atoms with van der Waals surface area (Å²) in [5.74, 6) is 2.12. The molecule has 4 rings (SSSR count). The van der Waals surface area contributed by atoms with Crippen LogP contribution in [0.1, 0.15) is 18.4 Å². The van der Waals surface area contributed by atoms with E-state index in [2.05, 4.69) is 30.7 Å². The second-order valence-electron chi connectivity index (χ2n) is 7.09. The maximum atomic E-state index is 12.5. The van der Waals surface area contributed by atoms with E-state index in [9.17, 15) is 9.59 Å². The molecule has 1 unspecified atom stereocenters. The molecular weight excluding hydrogens is 358 g/mol. The van der Waals surface area contributed by atoms with Crippen LogP contribution in [-0.4, -0.2) is 64.1 Å². The Morgan fingerprint density at radius 1 is 1.14 bits per heavy atom. The molecule has 2 amide bonds. The van der Waals surface area contributed by atoms with E-state index < -0.39 is 0 Å². The molecule has 0 radical (unpaired) electrons. The second kappa shape index (κ2) is 7.79. The maximum absolute atomic E-state index is 12.5. The Labute approximate surface area is 163 Å². The van der Waals surface area contributed by atoms with Gasteiger partial charge in [0.05, 0.1) is 0 Å². The Balaban J connectivity index is 1.32. The quantitative estimate of drug-likeness (QED) is 0.809. The van der Waals surface area contributed by atoms with Crippen LogP contribution in [0.5, 0.6) is 0 Å². The van der Waals surface area contributed by atoms with Gasteiger partial charge < -0.3 is 20.4 Å². The van der Waals surface area contributed by atoms with Crippen LogP contribution < -0.4 is 15.5 Å². The Bertz CT molecular complexity index is 863. The molecule has 2 aromatic rings. The smallest absolute Gasteiger partial charge is 0.245 e. The van der Waals surface area contributed by atoms with E-state index in [4.69, 9.17) is 0 Å². The number of hydrogen-bond donors (Lipinski definition) is 2. The van der Waals surface area contributed by atoms with E-state index in [0.29, 0.717) is 44.8 Å². The number of anilines is 3. The minimum Gasteiger partial charge on any atom is -0.352 e. The third-order valence-electron chi connectivity index (χ3n) is 5.03. The van der Waals surface area contributed by atoms with Gasteiger partial charge in [-0.2, -0.15) is 0 Å². The number of hydrogen-bond acceptors (Lipinski definition) is 7. The van der Waals surface area contributed by atoms with Crippen molar-refractivity contribution in [3.8, 4) is 0 Å². The summed E-state index contributed by atoms with van der Waals surface area (Å²) in [6.45, 7) is 4.60. The van der Waals surface area contributed by atoms with Gasteiger partial charge in [-0.3, -0.25) is 9.59 Å². The number of piperazine rings is 1. The predicted molar refractivity (Wildman–Crippen MR) is 104 cm³/mol. The summed E-state index contributed by atoms with van der Waals surface area (Å²) < 4.78 is 0. The summed E-state index contributed by atoms with van der Waals surface area (Å²) in [6.07, 6.45) is 2.77. The molecule has 9 nitrogen and oxygen atoms in total. The van der Waals surface area contributed by atoms with Crippen LogP contribution in [0.2, 0.25) is 0 Å². The average Bonchev–Trinajstić information content (AvgIpc) is 3.15. The lowest BCUT2D eigenvalue weighted by atomic mass is 10.2. The van der Waals surface area contributed by atoms with Crippen LogP contribution in [0, 0.1) is 6.92 Å². The summed E-state index contributed by atoms with van der Waals surface area (Å²) >= 11 is 0. The van der Waals surface area contributed by atoms with Gasteiger partial charge in [0.1, 0.15) is 11.9 Å². The second-order valence-corrected chi connectivity index (χ2v) is 7.09. The lowest BCUT2D eigenvalue weighted by Crippen LogP contribution is -2.53. The van der Waals surface area contributed by atoms with E-state index in [1.807, 2.05) is 36.1 Å². The Kier molecular flexibility index (Phi) is 5.05. The molecule has 2 N–H and O–H groups in total. The zero-order valence-corrected chi connectivity index (χ0v) is 15.8. The molecule has 9 heteroatoms. The molecule has 2 aromatic heterocycles. The number of aromatic nitrogens is 3. The number of pyridine rings is 1. The van der Waals surface area contributed by atoms with Gasteiger partial charge >= 0.3 is 0 Å². The van der Waals surface area contributed by atoms with Crippen molar-refractivity contribution < 1.29 is 9.59 Å². The van der Waals surface area contributed by atoms with Crippen molar-refractivity contribution in [2.75, 3.05) is 36.4 Å². The average molecular weight is 381 g/mol. The number of aryl methyl sites for hydroxylation is 1. The highest BCUT2D eigenvalue weighted by atomic mass is 16.2. The van der Waals surface area contributed by atoms with Crippen LogP contribution in [0.25, 0.3) is 0 Å². The van der Waals surface area contributed by atoms with Crippen molar-refractivity contribution in [1.82, 2.24) is 25.4 Å². The summed E-state index contributed by atoms with van der Waals surface area (Å²) in [6, 6.07) is 7.31. The Morgan fingerprint density at radius 3 is 2.61 bits per heavy atom. The molecule has 146 valence electrons. The number of nitrogens with one attached hydrogen (secondary N) is 2. The fourth-order valence-electron chi connectivity index (χ4n) is 3.47. The van der Waals surface area contributed by atoms with Crippen molar-refractivity contribution in [3.63, 3.8) is 0 Å². The molecule has 0 bridgehead atoms. The molecule has 2 fully saturated rings. The fourth-order valence-corrected chi connectivity index (χ4v) is 3.47. The molecule has 0 spiro atoms. The summed E-state index contributed by atoms with van der Waals surface area (Å²) in [4.78, 5) is 32.0. The molecule has 0 saturated carbocycles. The Morgan fingerprint density at radius 2 is 1.96 bits per heavy atom. The van der Waals surface area contributed by atoms with Crippen molar-refractivity contribution in [2.45, 2.75) is 25.8 Å². The number of amides is 2. The van der Waals surface area contributed by atoms with Gasteiger partial charge in [-0.1, -0.05) is 0 Å². The SMILES string of the molecule is Cc1ccnc(Nc2ccc(N3CCN(C(=O)C4CCC(=O)N4)CC3)nn2)c1. The van der Waals surface area contributed by atoms with E-state index in [-0.39, 0.29) is 17.9 Å². The highest BCUT2D eigenvalue weighted by Crippen LogP contribution is 2.18. The summed E-state index contributed by atoms with van der Waals surface area (Å²) in [5.41, 5.74) is 1.12. The molecule has 2 aliphatic rings. The fraction of sp³-hybridized carbons (Fsp3) is 0.421. The van der Waals surface area contributed by atoms with Crippen LogP contribution in [0.15, 0.2) is 30.5 Å². The zero-order valence-electron chi connectivity index (χ0n) is 15.8. The predicted octanol–water partition coefficient (Wildman–Crippen LogP) is 0.851. The van der Waals surface area contributed by atoms with Gasteiger partial charge in [0.25, 0.3) is 0 Å². The lowest BCUT2D eigenvalue weighted by molar-refractivity contribution is -0.134. The normalized spacial score (nSPS) is 19.5. The van der Waals surface area contributed by atoms with Gasteiger partial charge in [0.15, 0.2) is 11.6 Å². The summed E-state index contributed by atoms with van der Waals surface area (Å²) in [7, 11) is 0. The monoisotopic (exact) mass is 381 g/mol. The van der Waals surface area contributed by atoms with E-state index in [0.717, 1.165) is 17.2 Å². The zero-order chi connectivity index (χ0) is 19.5. The highest BCUT2D eigenvalue weighted by Gasteiger charge is 2.32.